The molecule has 0 atom stereocenters. The van der Waals surface area contributed by atoms with Crippen LogP contribution in [-0.4, -0.2) is 17.6 Å². The molecule has 2 rings (SSSR count). The molecule has 0 unspecified atom stereocenters. The normalized spacial score (nSPS) is 10.4. The first kappa shape index (κ1) is 15.0. The Morgan fingerprint density at radius 3 is 2.57 bits per heavy atom. The summed E-state index contributed by atoms with van der Waals surface area (Å²) in [4.78, 5) is 12.7. The number of carboxylic acids is 1. The monoisotopic (exact) mass is 291 g/mol. The van der Waals surface area contributed by atoms with Gasteiger partial charge in [-0.1, -0.05) is 6.07 Å². The van der Waals surface area contributed by atoms with E-state index in [0.717, 1.165) is 6.07 Å². The van der Waals surface area contributed by atoms with Crippen LogP contribution in [0.4, 0.5) is 14.5 Å². The first-order chi connectivity index (χ1) is 10.0. The molecule has 0 bridgehead atoms. The molecule has 1 N–H and O–H groups in total. The first-order valence-corrected chi connectivity index (χ1v) is 6.53. The number of carbonyl (C=O) groups is 1. The van der Waals surface area contributed by atoms with E-state index in [0.29, 0.717) is 12.2 Å². The fraction of sp³-hybridized carbons (Fsp3) is 0.188. The summed E-state index contributed by atoms with van der Waals surface area (Å²) >= 11 is 0. The molecule has 2 aromatic rings. The van der Waals surface area contributed by atoms with Gasteiger partial charge in [0, 0.05) is 24.3 Å². The van der Waals surface area contributed by atoms with Crippen molar-refractivity contribution in [1.29, 1.82) is 0 Å². The average Bonchev–Trinajstić information content (AvgIpc) is 2.46. The molecule has 0 saturated heterocycles. The molecule has 110 valence electrons. The van der Waals surface area contributed by atoms with Gasteiger partial charge in [-0.05, 0) is 43.3 Å². The maximum absolute atomic E-state index is 13.8. The van der Waals surface area contributed by atoms with Crippen molar-refractivity contribution in [3.05, 3.63) is 65.2 Å². The second-order valence-electron chi connectivity index (χ2n) is 4.61. The number of halogens is 2. The molecule has 0 spiro atoms. The second kappa shape index (κ2) is 6.35. The van der Waals surface area contributed by atoms with E-state index in [1.54, 1.807) is 17.0 Å². The van der Waals surface area contributed by atoms with Gasteiger partial charge in [-0.15, -0.1) is 0 Å². The van der Waals surface area contributed by atoms with Gasteiger partial charge in [0.1, 0.15) is 11.6 Å². The summed E-state index contributed by atoms with van der Waals surface area (Å²) in [6.07, 6.45) is 0. The highest BCUT2D eigenvalue weighted by Gasteiger charge is 2.12. The van der Waals surface area contributed by atoms with E-state index in [1.807, 2.05) is 6.92 Å². The van der Waals surface area contributed by atoms with Crippen molar-refractivity contribution < 1.29 is 18.7 Å². The maximum Gasteiger partial charge on any atom is 0.335 e. The van der Waals surface area contributed by atoms with Gasteiger partial charge < -0.3 is 10.0 Å². The highest BCUT2D eigenvalue weighted by Crippen LogP contribution is 2.20. The Kier molecular flexibility index (Phi) is 4.52. The predicted octanol–water partition coefficient (Wildman–Crippen LogP) is 3.69. The smallest absolute Gasteiger partial charge is 0.335 e. The summed E-state index contributed by atoms with van der Waals surface area (Å²) in [5.74, 6) is -1.95. The molecule has 2 aromatic carbocycles. The summed E-state index contributed by atoms with van der Waals surface area (Å²) in [6.45, 7) is 2.58. The van der Waals surface area contributed by atoms with Gasteiger partial charge in [-0.3, -0.25) is 0 Å². The number of aromatic carboxylic acids is 1. The van der Waals surface area contributed by atoms with E-state index in [-0.39, 0.29) is 23.5 Å². The van der Waals surface area contributed by atoms with Crippen LogP contribution in [0.5, 0.6) is 0 Å². The van der Waals surface area contributed by atoms with Crippen LogP contribution in [0.3, 0.4) is 0 Å². The zero-order valence-electron chi connectivity index (χ0n) is 11.5. The summed E-state index contributed by atoms with van der Waals surface area (Å²) < 4.78 is 27.1. The molecule has 0 aliphatic carbocycles. The van der Waals surface area contributed by atoms with Gasteiger partial charge in [0.15, 0.2) is 0 Å². The number of anilines is 1. The quantitative estimate of drug-likeness (QED) is 0.913. The van der Waals surface area contributed by atoms with Crippen molar-refractivity contribution in [1.82, 2.24) is 0 Å². The predicted molar refractivity (Wildman–Crippen MR) is 76.5 cm³/mol. The third kappa shape index (κ3) is 3.56. The summed E-state index contributed by atoms with van der Waals surface area (Å²) in [7, 11) is 0. The lowest BCUT2D eigenvalue weighted by Gasteiger charge is -2.23. The van der Waals surface area contributed by atoms with Crippen molar-refractivity contribution in [3.63, 3.8) is 0 Å². The molecule has 0 amide bonds. The lowest BCUT2D eigenvalue weighted by Crippen LogP contribution is -2.23. The Morgan fingerprint density at radius 2 is 1.95 bits per heavy atom. The van der Waals surface area contributed by atoms with Crippen LogP contribution in [0.25, 0.3) is 0 Å². The molecule has 0 heterocycles. The second-order valence-corrected chi connectivity index (χ2v) is 4.61. The number of carboxylic acid groups (broad SMARTS) is 1. The molecule has 0 saturated carbocycles. The zero-order chi connectivity index (χ0) is 15.4. The fourth-order valence-corrected chi connectivity index (χ4v) is 2.09. The standard InChI is InChI=1S/C16H15F2NO2/c1-2-19(14-5-3-4-13(17)9-14)10-12-8-11(16(20)21)6-7-15(12)18/h3-9H,2,10H2,1H3,(H,20,21). The number of hydrogen-bond acceptors (Lipinski definition) is 2. The molecule has 5 heteroatoms. The van der Waals surface area contributed by atoms with E-state index in [4.69, 9.17) is 5.11 Å². The Hall–Kier alpha value is -2.43. The Balaban J connectivity index is 2.30. The largest absolute Gasteiger partial charge is 0.478 e. The summed E-state index contributed by atoms with van der Waals surface area (Å²) in [6, 6.07) is 9.67. The van der Waals surface area contributed by atoms with Gasteiger partial charge in [-0.2, -0.15) is 0 Å². The fourth-order valence-electron chi connectivity index (χ4n) is 2.09. The molecule has 0 fully saturated rings. The van der Waals surface area contributed by atoms with Gasteiger partial charge >= 0.3 is 5.97 Å². The molecule has 0 aromatic heterocycles. The first-order valence-electron chi connectivity index (χ1n) is 6.53. The summed E-state index contributed by atoms with van der Waals surface area (Å²) in [5.41, 5.74) is 0.917. The minimum Gasteiger partial charge on any atom is -0.478 e. The molecular weight excluding hydrogens is 276 g/mol. The molecule has 21 heavy (non-hydrogen) atoms. The van der Waals surface area contributed by atoms with Gasteiger partial charge in [0.25, 0.3) is 0 Å². The molecule has 3 nitrogen and oxygen atoms in total. The van der Waals surface area contributed by atoms with Crippen molar-refractivity contribution in [2.45, 2.75) is 13.5 Å². The highest BCUT2D eigenvalue weighted by molar-refractivity contribution is 5.87. The van der Waals surface area contributed by atoms with E-state index >= 15 is 0 Å². The highest BCUT2D eigenvalue weighted by atomic mass is 19.1. The van der Waals surface area contributed by atoms with Crippen LogP contribution in [0.2, 0.25) is 0 Å². The molecule has 0 radical (unpaired) electrons. The third-order valence-corrected chi connectivity index (χ3v) is 3.21. The number of hydrogen-bond donors (Lipinski definition) is 1. The summed E-state index contributed by atoms with van der Waals surface area (Å²) in [5, 5.41) is 8.96. The molecular formula is C16H15F2NO2. The Bertz CT molecular complexity index is 658. The van der Waals surface area contributed by atoms with Crippen LogP contribution in [0, 0.1) is 11.6 Å². The van der Waals surface area contributed by atoms with Crippen molar-refractivity contribution in [3.8, 4) is 0 Å². The lowest BCUT2D eigenvalue weighted by atomic mass is 10.1. The van der Waals surface area contributed by atoms with Crippen LogP contribution in [0.15, 0.2) is 42.5 Å². The number of benzene rings is 2. The van der Waals surface area contributed by atoms with Gasteiger partial charge in [0.2, 0.25) is 0 Å². The van der Waals surface area contributed by atoms with Crippen LogP contribution in [0.1, 0.15) is 22.8 Å². The van der Waals surface area contributed by atoms with E-state index < -0.39 is 11.8 Å². The van der Waals surface area contributed by atoms with E-state index in [9.17, 15) is 13.6 Å². The van der Waals surface area contributed by atoms with Crippen molar-refractivity contribution >= 4 is 11.7 Å². The maximum atomic E-state index is 13.8. The Morgan fingerprint density at radius 1 is 1.19 bits per heavy atom. The number of nitrogens with zero attached hydrogens (tertiary/aromatic N) is 1. The van der Waals surface area contributed by atoms with Crippen molar-refractivity contribution in [2.75, 3.05) is 11.4 Å². The SMILES string of the molecule is CCN(Cc1cc(C(=O)O)ccc1F)c1cccc(F)c1. The van der Waals surface area contributed by atoms with Gasteiger partial charge in [-0.25, -0.2) is 13.6 Å². The van der Waals surface area contributed by atoms with E-state index in [2.05, 4.69) is 0 Å². The Labute approximate surface area is 121 Å². The minimum absolute atomic E-state index is 0.0293. The van der Waals surface area contributed by atoms with Crippen LogP contribution < -0.4 is 4.90 Å². The topological polar surface area (TPSA) is 40.5 Å². The zero-order valence-corrected chi connectivity index (χ0v) is 11.5. The average molecular weight is 291 g/mol. The van der Waals surface area contributed by atoms with Crippen molar-refractivity contribution in [2.24, 2.45) is 0 Å². The van der Waals surface area contributed by atoms with Crippen LogP contribution >= 0.6 is 0 Å². The molecule has 0 aliphatic heterocycles. The van der Waals surface area contributed by atoms with Crippen LogP contribution in [-0.2, 0) is 6.54 Å². The third-order valence-electron chi connectivity index (χ3n) is 3.21. The van der Waals surface area contributed by atoms with Gasteiger partial charge in [0.05, 0.1) is 5.56 Å². The minimum atomic E-state index is -1.11. The number of rotatable bonds is 5. The van der Waals surface area contributed by atoms with E-state index in [1.165, 1.54) is 24.3 Å². The molecule has 0 aliphatic rings. The lowest BCUT2D eigenvalue weighted by molar-refractivity contribution is 0.0696.